The lowest BCUT2D eigenvalue weighted by Crippen LogP contribution is -2.31. The van der Waals surface area contributed by atoms with Crippen LogP contribution in [-0.4, -0.2) is 44.8 Å². The zero-order chi connectivity index (χ0) is 13.9. The topological polar surface area (TPSA) is 80.5 Å². The molecule has 0 spiro atoms. The van der Waals surface area contributed by atoms with E-state index in [1.807, 2.05) is 0 Å². The molecule has 0 atom stereocenters. The van der Waals surface area contributed by atoms with Gasteiger partial charge in [0.1, 0.15) is 9.84 Å². The van der Waals surface area contributed by atoms with Gasteiger partial charge in [0.2, 0.25) is 0 Å². The minimum Gasteiger partial charge on any atom is -0.399 e. The highest BCUT2D eigenvalue weighted by molar-refractivity contribution is 7.90. The third-order valence-corrected chi connectivity index (χ3v) is 3.55. The maximum atomic E-state index is 12.1. The highest BCUT2D eigenvalue weighted by Gasteiger charge is 2.15. The Morgan fingerprint density at radius 3 is 2.50 bits per heavy atom. The minimum atomic E-state index is -3.07. The third-order valence-electron chi connectivity index (χ3n) is 2.63. The Morgan fingerprint density at radius 2 is 2.00 bits per heavy atom. The Bertz CT molecular complexity index is 552. The van der Waals surface area contributed by atoms with Crippen LogP contribution in [0, 0.1) is 6.92 Å². The van der Waals surface area contributed by atoms with Crippen molar-refractivity contribution in [3.63, 3.8) is 0 Å². The van der Waals surface area contributed by atoms with E-state index in [1.54, 1.807) is 32.2 Å². The standard InChI is InChI=1S/C12H18N2O3S/c1-9-8-10(13)4-5-11(9)12(15)14(2)6-7-18(3,16)17/h4-5,8H,6-7,13H2,1-3H3. The molecular weight excluding hydrogens is 252 g/mol. The highest BCUT2D eigenvalue weighted by Crippen LogP contribution is 2.14. The number of benzene rings is 1. The van der Waals surface area contributed by atoms with Crippen LogP contribution in [0.25, 0.3) is 0 Å². The smallest absolute Gasteiger partial charge is 0.253 e. The number of aryl methyl sites for hydroxylation is 1. The van der Waals surface area contributed by atoms with Crippen LogP contribution in [0.3, 0.4) is 0 Å². The molecule has 5 nitrogen and oxygen atoms in total. The highest BCUT2D eigenvalue weighted by atomic mass is 32.2. The number of nitrogens with two attached hydrogens (primary N) is 1. The summed E-state index contributed by atoms with van der Waals surface area (Å²) in [7, 11) is -1.48. The van der Waals surface area contributed by atoms with Crippen LogP contribution in [0.2, 0.25) is 0 Å². The van der Waals surface area contributed by atoms with Crippen molar-refractivity contribution in [3.05, 3.63) is 29.3 Å². The number of carbonyl (C=O) groups is 1. The second kappa shape index (κ2) is 5.39. The molecular formula is C12H18N2O3S. The van der Waals surface area contributed by atoms with Gasteiger partial charge in [0.05, 0.1) is 5.75 Å². The number of hydrogen-bond acceptors (Lipinski definition) is 4. The number of amides is 1. The molecule has 0 aromatic heterocycles. The lowest BCUT2D eigenvalue weighted by atomic mass is 10.1. The van der Waals surface area contributed by atoms with E-state index in [0.29, 0.717) is 11.3 Å². The van der Waals surface area contributed by atoms with E-state index in [-0.39, 0.29) is 18.2 Å². The molecule has 0 fully saturated rings. The van der Waals surface area contributed by atoms with E-state index in [4.69, 9.17) is 5.73 Å². The van der Waals surface area contributed by atoms with Crippen molar-refractivity contribution in [2.24, 2.45) is 0 Å². The fourth-order valence-corrected chi connectivity index (χ4v) is 2.14. The first kappa shape index (κ1) is 14.5. The second-order valence-corrected chi connectivity index (χ2v) is 6.69. The maximum absolute atomic E-state index is 12.1. The predicted molar refractivity (Wildman–Crippen MR) is 72.3 cm³/mol. The van der Waals surface area contributed by atoms with E-state index in [0.717, 1.165) is 11.8 Å². The molecule has 0 aliphatic carbocycles. The van der Waals surface area contributed by atoms with Gasteiger partial charge in [0.25, 0.3) is 5.91 Å². The van der Waals surface area contributed by atoms with Crippen LogP contribution in [0.1, 0.15) is 15.9 Å². The van der Waals surface area contributed by atoms with E-state index in [1.165, 1.54) is 4.90 Å². The summed E-state index contributed by atoms with van der Waals surface area (Å²) in [5, 5.41) is 0. The van der Waals surface area contributed by atoms with Crippen molar-refractivity contribution >= 4 is 21.4 Å². The van der Waals surface area contributed by atoms with Gasteiger partial charge < -0.3 is 10.6 Å². The molecule has 0 radical (unpaired) electrons. The summed E-state index contributed by atoms with van der Waals surface area (Å²) in [6, 6.07) is 5.03. The van der Waals surface area contributed by atoms with Crippen molar-refractivity contribution < 1.29 is 13.2 Å². The molecule has 1 aromatic carbocycles. The Labute approximate surface area is 108 Å². The van der Waals surface area contributed by atoms with Gasteiger partial charge in [0, 0.05) is 31.1 Å². The molecule has 100 valence electrons. The summed E-state index contributed by atoms with van der Waals surface area (Å²) >= 11 is 0. The van der Waals surface area contributed by atoms with Crippen LogP contribution in [0.15, 0.2) is 18.2 Å². The molecule has 1 rings (SSSR count). The number of anilines is 1. The Kier molecular flexibility index (Phi) is 4.34. The first-order valence-electron chi connectivity index (χ1n) is 5.50. The molecule has 0 saturated carbocycles. The summed E-state index contributed by atoms with van der Waals surface area (Å²) in [5.74, 6) is -0.236. The Hall–Kier alpha value is -1.56. The number of hydrogen-bond donors (Lipinski definition) is 1. The molecule has 1 amide bonds. The maximum Gasteiger partial charge on any atom is 0.253 e. The van der Waals surface area contributed by atoms with Crippen molar-refractivity contribution in [1.82, 2.24) is 4.90 Å². The normalized spacial score (nSPS) is 11.3. The van der Waals surface area contributed by atoms with Crippen LogP contribution in [0.5, 0.6) is 0 Å². The van der Waals surface area contributed by atoms with E-state index < -0.39 is 9.84 Å². The predicted octanol–water partition coefficient (Wildman–Crippen LogP) is 0.694. The molecule has 0 aliphatic heterocycles. The van der Waals surface area contributed by atoms with Crippen molar-refractivity contribution in [2.45, 2.75) is 6.92 Å². The van der Waals surface area contributed by atoms with E-state index in [2.05, 4.69) is 0 Å². The van der Waals surface area contributed by atoms with Crippen LogP contribution in [-0.2, 0) is 9.84 Å². The van der Waals surface area contributed by atoms with Gasteiger partial charge in [-0.2, -0.15) is 0 Å². The molecule has 1 aromatic rings. The molecule has 0 saturated heterocycles. The number of carbonyl (C=O) groups excluding carboxylic acids is 1. The van der Waals surface area contributed by atoms with Gasteiger partial charge in [-0.15, -0.1) is 0 Å². The molecule has 0 unspecified atom stereocenters. The number of nitrogens with zero attached hydrogens (tertiary/aromatic N) is 1. The minimum absolute atomic E-state index is 0.0384. The van der Waals surface area contributed by atoms with Crippen molar-refractivity contribution in [2.75, 3.05) is 31.3 Å². The van der Waals surface area contributed by atoms with Crippen molar-refractivity contribution in [3.8, 4) is 0 Å². The zero-order valence-electron chi connectivity index (χ0n) is 10.8. The van der Waals surface area contributed by atoms with E-state index >= 15 is 0 Å². The van der Waals surface area contributed by atoms with E-state index in [9.17, 15) is 13.2 Å². The monoisotopic (exact) mass is 270 g/mol. The fourth-order valence-electron chi connectivity index (χ4n) is 1.54. The molecule has 0 aliphatic rings. The largest absolute Gasteiger partial charge is 0.399 e. The summed E-state index contributed by atoms with van der Waals surface area (Å²) in [6.45, 7) is 1.98. The number of nitrogen functional groups attached to an aromatic ring is 1. The van der Waals surface area contributed by atoms with Crippen LogP contribution in [0.4, 0.5) is 5.69 Å². The first-order chi connectivity index (χ1) is 8.20. The van der Waals surface area contributed by atoms with Gasteiger partial charge >= 0.3 is 0 Å². The molecule has 0 heterocycles. The van der Waals surface area contributed by atoms with Crippen molar-refractivity contribution in [1.29, 1.82) is 0 Å². The van der Waals surface area contributed by atoms with Crippen LogP contribution < -0.4 is 5.73 Å². The molecule has 18 heavy (non-hydrogen) atoms. The van der Waals surface area contributed by atoms with Gasteiger partial charge in [-0.05, 0) is 30.7 Å². The average Bonchev–Trinajstić information content (AvgIpc) is 2.24. The summed E-state index contributed by atoms with van der Waals surface area (Å²) in [6.07, 6.45) is 1.15. The van der Waals surface area contributed by atoms with Gasteiger partial charge in [-0.1, -0.05) is 0 Å². The molecule has 2 N–H and O–H groups in total. The summed E-state index contributed by atoms with van der Waals surface area (Å²) < 4.78 is 22.1. The fraction of sp³-hybridized carbons (Fsp3) is 0.417. The summed E-state index contributed by atoms with van der Waals surface area (Å²) in [4.78, 5) is 13.5. The molecule has 6 heteroatoms. The average molecular weight is 270 g/mol. The van der Waals surface area contributed by atoms with Gasteiger partial charge in [-0.25, -0.2) is 8.42 Å². The quantitative estimate of drug-likeness (QED) is 0.816. The summed E-state index contributed by atoms with van der Waals surface area (Å²) in [5.41, 5.74) is 7.54. The molecule has 0 bridgehead atoms. The van der Waals surface area contributed by atoms with Gasteiger partial charge in [-0.3, -0.25) is 4.79 Å². The SMILES string of the molecule is Cc1cc(N)ccc1C(=O)N(C)CCS(C)(=O)=O. The number of rotatable bonds is 4. The van der Waals surface area contributed by atoms with Crippen LogP contribution >= 0.6 is 0 Å². The third kappa shape index (κ3) is 4.03. The first-order valence-corrected chi connectivity index (χ1v) is 7.56. The lowest BCUT2D eigenvalue weighted by Gasteiger charge is -2.18. The lowest BCUT2D eigenvalue weighted by molar-refractivity contribution is 0.0803. The zero-order valence-corrected chi connectivity index (χ0v) is 11.6. The second-order valence-electron chi connectivity index (χ2n) is 4.43. The Balaban J connectivity index is 2.80. The number of sulfone groups is 1. The van der Waals surface area contributed by atoms with Gasteiger partial charge in [0.15, 0.2) is 0 Å². The Morgan fingerprint density at radius 1 is 1.39 bits per heavy atom.